The van der Waals surface area contributed by atoms with Crippen LogP contribution in [0.15, 0.2) is 11.5 Å². The van der Waals surface area contributed by atoms with Crippen molar-refractivity contribution >= 4 is 28.6 Å². The van der Waals surface area contributed by atoms with Gasteiger partial charge in [0.05, 0.1) is 29.8 Å². The third-order valence-corrected chi connectivity index (χ3v) is 12.2. The molecule has 0 amide bonds. The Morgan fingerprint density at radius 3 is 2.24 bits per heavy atom. The molecular formula is C34H61IN2O12. The van der Waals surface area contributed by atoms with Crippen LogP contribution in [0.2, 0.25) is 0 Å². The highest BCUT2D eigenvalue weighted by molar-refractivity contribution is 14.1. The topological polar surface area (TPSA) is 189 Å². The van der Waals surface area contributed by atoms with Gasteiger partial charge < -0.3 is 64.2 Å². The number of carbonyl (C=O) groups is 1. The van der Waals surface area contributed by atoms with Crippen molar-refractivity contribution in [1.29, 1.82) is 0 Å². The summed E-state index contributed by atoms with van der Waals surface area (Å²) >= 11 is 1.81. The molecule has 3 aliphatic rings. The zero-order valence-corrected chi connectivity index (χ0v) is 33.0. The number of alkyl halides is 1. The van der Waals surface area contributed by atoms with Crippen LogP contribution in [0.25, 0.3) is 0 Å². The number of halogens is 1. The maximum atomic E-state index is 13.9. The molecule has 3 heterocycles. The predicted molar refractivity (Wildman–Crippen MR) is 189 cm³/mol. The zero-order chi connectivity index (χ0) is 37.2. The van der Waals surface area contributed by atoms with Crippen LogP contribution >= 0.6 is 22.6 Å². The summed E-state index contributed by atoms with van der Waals surface area (Å²) in [5, 5.41) is 59.7. The summed E-state index contributed by atoms with van der Waals surface area (Å²) in [5.74, 6) is -2.81. The van der Waals surface area contributed by atoms with Crippen LogP contribution in [0.5, 0.6) is 0 Å². The lowest BCUT2D eigenvalue weighted by Crippen LogP contribution is -2.58. The van der Waals surface area contributed by atoms with Crippen LogP contribution in [-0.4, -0.2) is 141 Å². The quantitative estimate of drug-likeness (QED) is 0.130. The summed E-state index contributed by atoms with van der Waals surface area (Å²) in [6.07, 6.45) is -6.61. The highest BCUT2D eigenvalue weighted by atomic mass is 127. The Morgan fingerprint density at radius 2 is 1.65 bits per heavy atom. The van der Waals surface area contributed by atoms with E-state index >= 15 is 0 Å². The molecule has 286 valence electrons. The van der Waals surface area contributed by atoms with Crippen molar-refractivity contribution in [3.8, 4) is 0 Å². The first-order chi connectivity index (χ1) is 22.7. The van der Waals surface area contributed by atoms with Crippen LogP contribution in [0, 0.1) is 17.8 Å². The number of cyclic esters (lactones) is 1. The summed E-state index contributed by atoms with van der Waals surface area (Å²) in [6, 6.07) is -0.881. The van der Waals surface area contributed by atoms with E-state index in [4.69, 9.17) is 28.4 Å². The van der Waals surface area contributed by atoms with E-state index in [0.717, 1.165) is 0 Å². The zero-order valence-electron chi connectivity index (χ0n) is 30.8. The first-order valence-corrected chi connectivity index (χ1v) is 18.5. The lowest BCUT2D eigenvalue weighted by atomic mass is 9.87. The molecule has 2 fully saturated rings. The van der Waals surface area contributed by atoms with Gasteiger partial charge in [0.15, 0.2) is 10.4 Å². The first kappa shape index (κ1) is 42.6. The first-order valence-electron chi connectivity index (χ1n) is 17.3. The van der Waals surface area contributed by atoms with Crippen molar-refractivity contribution in [3.63, 3.8) is 0 Å². The minimum Gasteiger partial charge on any atom is -0.509 e. The molecule has 6 N–H and O–H groups in total. The number of carbonyl (C=O) groups excluding carboxylic acids is 1. The highest BCUT2D eigenvalue weighted by Crippen LogP contribution is 2.38. The molecule has 15 heteroatoms. The predicted octanol–water partition coefficient (Wildman–Crippen LogP) is 2.19. The fourth-order valence-corrected chi connectivity index (χ4v) is 7.69. The fraction of sp³-hybridized carbons (Fsp3) is 0.912. The number of hydrogen-bond acceptors (Lipinski definition) is 14. The van der Waals surface area contributed by atoms with Gasteiger partial charge in [-0.25, -0.2) is 0 Å². The number of ether oxygens (including phenoxy) is 6. The van der Waals surface area contributed by atoms with E-state index in [9.17, 15) is 30.3 Å². The van der Waals surface area contributed by atoms with Gasteiger partial charge in [-0.1, -0.05) is 13.8 Å². The number of esters is 1. The average Bonchev–Trinajstić information content (AvgIpc) is 3.03. The van der Waals surface area contributed by atoms with Crippen LogP contribution in [0.1, 0.15) is 74.7 Å². The monoisotopic (exact) mass is 816 g/mol. The largest absolute Gasteiger partial charge is 0.509 e. The summed E-state index contributed by atoms with van der Waals surface area (Å²) in [4.78, 5) is 15.8. The lowest BCUT2D eigenvalue weighted by Gasteiger charge is -2.46. The Balaban J connectivity index is 2.14. The van der Waals surface area contributed by atoms with Crippen molar-refractivity contribution < 1.29 is 58.7 Å². The van der Waals surface area contributed by atoms with E-state index in [1.54, 1.807) is 48.7 Å². The second kappa shape index (κ2) is 17.3. The molecule has 14 nitrogen and oxygen atoms in total. The minimum atomic E-state index is -1.82. The molecule has 3 rings (SSSR count). The van der Waals surface area contributed by atoms with E-state index in [-0.39, 0.29) is 42.4 Å². The third-order valence-electron chi connectivity index (χ3n) is 10.7. The number of nitrogens with zero attached hydrogens (tertiary/aromatic N) is 1. The van der Waals surface area contributed by atoms with Crippen LogP contribution < -0.4 is 5.32 Å². The van der Waals surface area contributed by atoms with E-state index < -0.39 is 82.3 Å². The fourth-order valence-electron chi connectivity index (χ4n) is 7.07. The molecule has 0 radical (unpaired) electrons. The molecule has 0 aromatic heterocycles. The van der Waals surface area contributed by atoms with Crippen LogP contribution in [-0.2, 0) is 33.2 Å². The molecule has 2 saturated heterocycles. The smallest absolute Gasteiger partial charge is 0.312 e. The SMILES string of the molecule is CN[C@H]1C[C@@H](C)O[C@@H](O/C2=C(\O)C[C@@H](C)CN(C)[C@H](C)[C@@H](O)[C@](C)(O)[C@@H](I)OC(=O)[C@H](C)[C@@H](O[C@H]3C[C@@](C)(OC)[C@@H](O)[C@H](C)O3)[C@@H]2C)[C@@H]1O. The molecule has 0 aromatic rings. The number of allylic oxidation sites excluding steroid dienone is 1. The number of aliphatic hydroxyl groups is 5. The Labute approximate surface area is 304 Å². The molecule has 0 unspecified atom stereocenters. The average molecular weight is 817 g/mol. The second-order valence-electron chi connectivity index (χ2n) is 14.9. The second-order valence-corrected chi connectivity index (χ2v) is 16.0. The molecule has 0 bridgehead atoms. The van der Waals surface area contributed by atoms with E-state index in [1.165, 1.54) is 14.0 Å². The van der Waals surface area contributed by atoms with Gasteiger partial charge in [-0.2, -0.15) is 0 Å². The van der Waals surface area contributed by atoms with Gasteiger partial charge in [-0.15, -0.1) is 0 Å². The number of aliphatic hydroxyl groups excluding tert-OH is 4. The van der Waals surface area contributed by atoms with Crippen molar-refractivity contribution in [2.24, 2.45) is 17.8 Å². The Bertz CT molecular complexity index is 1130. The normalized spacial score (nSPS) is 48.7. The molecule has 0 aromatic carbocycles. The van der Waals surface area contributed by atoms with Crippen LogP contribution in [0.3, 0.4) is 0 Å². The van der Waals surface area contributed by atoms with E-state index in [1.807, 2.05) is 41.3 Å². The molecule has 0 spiro atoms. The standard InChI is InChI=1S/C34H61IN2O12/c1-16-12-23(38)27(48-31-25(39)22(36-9)13-17(2)45-31)18(3)26(47-24-14-33(7,44-11)29(41)21(6)46-24)19(4)30(42)49-32(35)34(8,43)28(40)20(5)37(10)15-16/h16-22,24-26,28-29,31-32,36,38-41,43H,12-15H2,1-11H3/b27-23-/t16-,17-,18+,19-,20-,21+,22+,24+,25-,26+,28-,29+,31+,32+,33-,34+/m1/s1. The van der Waals surface area contributed by atoms with Gasteiger partial charge in [0.1, 0.15) is 35.4 Å². The molecule has 0 aliphatic carbocycles. The molecule has 3 aliphatic heterocycles. The summed E-state index contributed by atoms with van der Waals surface area (Å²) < 4.78 is 35.4. The number of rotatable bonds is 6. The lowest BCUT2D eigenvalue weighted by molar-refractivity contribution is -0.296. The number of likely N-dealkylation sites (N-methyl/N-ethyl adjacent to an activating group) is 2. The van der Waals surface area contributed by atoms with Gasteiger partial charge >= 0.3 is 5.97 Å². The van der Waals surface area contributed by atoms with Gasteiger partial charge in [0.25, 0.3) is 0 Å². The van der Waals surface area contributed by atoms with Crippen molar-refractivity contribution in [2.75, 3.05) is 27.7 Å². The number of methoxy groups -OCH3 is 1. The van der Waals surface area contributed by atoms with Gasteiger partial charge in [-0.05, 0) is 90.6 Å². The Kier molecular flexibility index (Phi) is 15.0. The van der Waals surface area contributed by atoms with Gasteiger partial charge in [0.2, 0.25) is 6.29 Å². The molecule has 0 saturated carbocycles. The number of hydrogen-bond donors (Lipinski definition) is 6. The summed E-state index contributed by atoms with van der Waals surface area (Å²) in [7, 11) is 5.04. The number of nitrogens with one attached hydrogen (secondary N) is 1. The molecule has 49 heavy (non-hydrogen) atoms. The molecular weight excluding hydrogens is 755 g/mol. The summed E-state index contributed by atoms with van der Waals surface area (Å²) in [6.45, 7) is 14.2. The minimum absolute atomic E-state index is 0.0755. The highest BCUT2D eigenvalue weighted by Gasteiger charge is 2.49. The van der Waals surface area contributed by atoms with Crippen LogP contribution in [0.4, 0.5) is 0 Å². The summed E-state index contributed by atoms with van der Waals surface area (Å²) in [5.41, 5.74) is -2.85. The third kappa shape index (κ3) is 9.77. The maximum Gasteiger partial charge on any atom is 0.312 e. The van der Waals surface area contributed by atoms with Crippen molar-refractivity contribution in [1.82, 2.24) is 10.2 Å². The Hall–Kier alpha value is -0.860. The van der Waals surface area contributed by atoms with E-state index in [2.05, 4.69) is 5.32 Å². The van der Waals surface area contributed by atoms with E-state index in [0.29, 0.717) is 13.0 Å². The molecule has 16 atom stereocenters. The maximum absolute atomic E-state index is 13.9. The van der Waals surface area contributed by atoms with Crippen molar-refractivity contribution in [2.45, 2.75) is 151 Å². The van der Waals surface area contributed by atoms with Crippen molar-refractivity contribution in [3.05, 3.63) is 11.5 Å². The van der Waals surface area contributed by atoms with Gasteiger partial charge in [-0.3, -0.25) is 4.79 Å². The van der Waals surface area contributed by atoms with Gasteiger partial charge in [0, 0.05) is 44.5 Å². The Morgan fingerprint density at radius 1 is 1.02 bits per heavy atom.